The van der Waals surface area contributed by atoms with Crippen molar-refractivity contribution >= 4 is 22.7 Å². The molecule has 0 amide bonds. The summed E-state index contributed by atoms with van der Waals surface area (Å²) in [6.45, 7) is 0. The zero-order chi connectivity index (χ0) is 14.1. The first-order chi connectivity index (χ1) is 9.61. The van der Waals surface area contributed by atoms with E-state index in [4.69, 9.17) is 21.8 Å². The first-order valence-corrected chi connectivity index (χ1v) is 6.59. The number of oxazole rings is 1. The number of hydrogen-bond donors (Lipinski definition) is 2. The van der Waals surface area contributed by atoms with E-state index >= 15 is 0 Å². The standard InChI is InChI=1S/C15H13ClN2O2/c16-10-3-6-14-13(8-10)18-15(20-14)12(17)7-9-1-4-11(19)5-2-9/h1-6,8,12,19H,7,17H2. The van der Waals surface area contributed by atoms with Crippen molar-refractivity contribution in [3.63, 3.8) is 0 Å². The summed E-state index contributed by atoms with van der Waals surface area (Å²) in [6.07, 6.45) is 0.584. The molecule has 4 nitrogen and oxygen atoms in total. The van der Waals surface area contributed by atoms with Gasteiger partial charge in [-0.2, -0.15) is 0 Å². The van der Waals surface area contributed by atoms with Gasteiger partial charge >= 0.3 is 0 Å². The van der Waals surface area contributed by atoms with Gasteiger partial charge in [0.1, 0.15) is 11.3 Å². The third-order valence-electron chi connectivity index (χ3n) is 3.08. The average molecular weight is 289 g/mol. The molecule has 0 aliphatic carbocycles. The Bertz CT molecular complexity index is 737. The van der Waals surface area contributed by atoms with Crippen molar-refractivity contribution in [1.82, 2.24) is 4.98 Å². The van der Waals surface area contributed by atoms with Crippen molar-refractivity contribution in [3.8, 4) is 5.75 Å². The van der Waals surface area contributed by atoms with Gasteiger partial charge < -0.3 is 15.3 Å². The molecule has 0 saturated heterocycles. The molecule has 0 bridgehead atoms. The summed E-state index contributed by atoms with van der Waals surface area (Å²) < 4.78 is 5.64. The Labute approximate surface area is 120 Å². The van der Waals surface area contributed by atoms with Crippen LogP contribution in [0, 0.1) is 0 Å². The van der Waals surface area contributed by atoms with Gasteiger partial charge in [0.15, 0.2) is 5.58 Å². The minimum absolute atomic E-state index is 0.235. The number of phenolic OH excluding ortho intramolecular Hbond substituents is 1. The third kappa shape index (κ3) is 2.61. The molecule has 3 N–H and O–H groups in total. The van der Waals surface area contributed by atoms with E-state index in [2.05, 4.69) is 4.98 Å². The van der Waals surface area contributed by atoms with E-state index < -0.39 is 0 Å². The predicted octanol–water partition coefficient (Wildman–Crippen LogP) is 3.43. The number of nitrogens with zero attached hydrogens (tertiary/aromatic N) is 1. The van der Waals surface area contributed by atoms with Crippen molar-refractivity contribution in [3.05, 3.63) is 58.9 Å². The summed E-state index contributed by atoms with van der Waals surface area (Å²) in [5.74, 6) is 0.717. The molecule has 0 aliphatic heterocycles. The molecule has 20 heavy (non-hydrogen) atoms. The lowest BCUT2D eigenvalue weighted by atomic mass is 10.1. The van der Waals surface area contributed by atoms with Crippen molar-refractivity contribution < 1.29 is 9.52 Å². The Morgan fingerprint density at radius 2 is 1.95 bits per heavy atom. The van der Waals surface area contributed by atoms with E-state index in [1.807, 2.05) is 12.1 Å². The Balaban J connectivity index is 1.84. The van der Waals surface area contributed by atoms with Crippen LogP contribution in [0.15, 0.2) is 46.9 Å². The number of aromatic hydroxyl groups is 1. The quantitative estimate of drug-likeness (QED) is 0.774. The minimum Gasteiger partial charge on any atom is -0.508 e. The molecule has 0 saturated carbocycles. The summed E-state index contributed by atoms with van der Waals surface area (Å²) in [7, 11) is 0. The smallest absolute Gasteiger partial charge is 0.212 e. The molecule has 0 radical (unpaired) electrons. The molecule has 0 fully saturated rings. The van der Waals surface area contributed by atoms with Crippen LogP contribution in [0.1, 0.15) is 17.5 Å². The number of aromatic nitrogens is 1. The Hall–Kier alpha value is -2.04. The highest BCUT2D eigenvalue weighted by molar-refractivity contribution is 6.31. The zero-order valence-corrected chi connectivity index (χ0v) is 11.3. The predicted molar refractivity (Wildman–Crippen MR) is 77.8 cm³/mol. The number of phenols is 1. The lowest BCUT2D eigenvalue weighted by molar-refractivity contribution is 0.470. The van der Waals surface area contributed by atoms with Crippen LogP contribution in [0.3, 0.4) is 0 Å². The fourth-order valence-electron chi connectivity index (χ4n) is 2.05. The number of benzene rings is 2. The second kappa shape index (κ2) is 5.15. The second-order valence-corrected chi connectivity index (χ2v) is 5.08. The van der Waals surface area contributed by atoms with Crippen LogP contribution in [0.25, 0.3) is 11.1 Å². The molecule has 1 heterocycles. The Kier molecular flexibility index (Phi) is 3.34. The zero-order valence-electron chi connectivity index (χ0n) is 10.6. The highest BCUT2D eigenvalue weighted by Crippen LogP contribution is 2.24. The monoisotopic (exact) mass is 288 g/mol. The maximum Gasteiger partial charge on any atom is 0.212 e. The Morgan fingerprint density at radius 1 is 1.20 bits per heavy atom. The second-order valence-electron chi connectivity index (χ2n) is 4.64. The van der Waals surface area contributed by atoms with E-state index in [1.54, 1.807) is 30.3 Å². The fourth-order valence-corrected chi connectivity index (χ4v) is 2.22. The Morgan fingerprint density at radius 3 is 2.70 bits per heavy atom. The summed E-state index contributed by atoms with van der Waals surface area (Å²) in [5, 5.41) is 9.87. The summed E-state index contributed by atoms with van der Waals surface area (Å²) in [5.41, 5.74) is 8.50. The molecule has 3 aromatic rings. The maximum atomic E-state index is 9.25. The molecule has 1 aromatic heterocycles. The SMILES string of the molecule is NC(Cc1ccc(O)cc1)c1nc2cc(Cl)ccc2o1. The normalized spacial score (nSPS) is 12.7. The number of hydrogen-bond acceptors (Lipinski definition) is 4. The third-order valence-corrected chi connectivity index (χ3v) is 3.31. The van der Waals surface area contributed by atoms with Gasteiger partial charge in [-0.3, -0.25) is 0 Å². The summed E-state index contributed by atoms with van der Waals surface area (Å²) in [6, 6.07) is 11.9. The van der Waals surface area contributed by atoms with Gasteiger partial charge in [-0.15, -0.1) is 0 Å². The first-order valence-electron chi connectivity index (χ1n) is 6.21. The van der Waals surface area contributed by atoms with E-state index in [1.165, 1.54) is 0 Å². The van der Waals surface area contributed by atoms with Crippen LogP contribution in [0.2, 0.25) is 5.02 Å². The lowest BCUT2D eigenvalue weighted by Gasteiger charge is -2.07. The van der Waals surface area contributed by atoms with Gasteiger partial charge in [0.25, 0.3) is 0 Å². The fraction of sp³-hybridized carbons (Fsp3) is 0.133. The maximum absolute atomic E-state index is 9.25. The van der Waals surface area contributed by atoms with Crippen LogP contribution in [0.5, 0.6) is 5.75 Å². The van der Waals surface area contributed by atoms with Crippen LogP contribution in [-0.2, 0) is 6.42 Å². The van der Waals surface area contributed by atoms with Crippen molar-refractivity contribution in [2.24, 2.45) is 5.73 Å². The van der Waals surface area contributed by atoms with Crippen molar-refractivity contribution in [1.29, 1.82) is 0 Å². The number of rotatable bonds is 3. The van der Waals surface area contributed by atoms with E-state index in [-0.39, 0.29) is 11.8 Å². The lowest BCUT2D eigenvalue weighted by Crippen LogP contribution is -2.13. The van der Waals surface area contributed by atoms with Gasteiger partial charge in [-0.05, 0) is 42.3 Å². The van der Waals surface area contributed by atoms with Gasteiger partial charge in [0.05, 0.1) is 6.04 Å². The average Bonchev–Trinajstić information content (AvgIpc) is 2.84. The molecule has 5 heteroatoms. The molecule has 3 rings (SSSR count). The van der Waals surface area contributed by atoms with Crippen LogP contribution in [-0.4, -0.2) is 10.1 Å². The highest BCUT2D eigenvalue weighted by Gasteiger charge is 2.14. The van der Waals surface area contributed by atoms with Crippen LogP contribution < -0.4 is 5.73 Å². The molecular weight excluding hydrogens is 276 g/mol. The van der Waals surface area contributed by atoms with Gasteiger partial charge in [-0.25, -0.2) is 4.98 Å². The summed E-state index contributed by atoms with van der Waals surface area (Å²) >= 11 is 5.92. The molecule has 0 spiro atoms. The van der Waals surface area contributed by atoms with Crippen molar-refractivity contribution in [2.45, 2.75) is 12.5 Å². The first kappa shape index (κ1) is 13.0. The number of halogens is 1. The van der Waals surface area contributed by atoms with Gasteiger partial charge in [0.2, 0.25) is 5.89 Å². The van der Waals surface area contributed by atoms with Crippen LogP contribution >= 0.6 is 11.6 Å². The number of nitrogens with two attached hydrogens (primary N) is 1. The molecule has 0 aliphatic rings. The molecule has 1 unspecified atom stereocenters. The largest absolute Gasteiger partial charge is 0.508 e. The molecule has 1 atom stereocenters. The highest BCUT2D eigenvalue weighted by atomic mass is 35.5. The van der Waals surface area contributed by atoms with E-state index in [0.717, 1.165) is 5.56 Å². The van der Waals surface area contributed by atoms with Gasteiger partial charge in [-0.1, -0.05) is 23.7 Å². The van der Waals surface area contributed by atoms with E-state index in [0.29, 0.717) is 28.4 Å². The topological polar surface area (TPSA) is 72.3 Å². The van der Waals surface area contributed by atoms with E-state index in [9.17, 15) is 5.11 Å². The molecule has 2 aromatic carbocycles. The minimum atomic E-state index is -0.342. The van der Waals surface area contributed by atoms with Crippen LogP contribution in [0.4, 0.5) is 0 Å². The molecule has 102 valence electrons. The number of fused-ring (bicyclic) bond motifs is 1. The van der Waals surface area contributed by atoms with Crippen molar-refractivity contribution in [2.75, 3.05) is 0 Å². The summed E-state index contributed by atoms with van der Waals surface area (Å²) in [4.78, 5) is 4.36. The van der Waals surface area contributed by atoms with Gasteiger partial charge in [0, 0.05) is 5.02 Å². The molecular formula is C15H13ClN2O2.